The molecule has 3 rings (SSSR count). The molecule has 0 heterocycles. The molecule has 0 radical (unpaired) electrons. The van der Waals surface area contributed by atoms with Gasteiger partial charge >= 0.3 is 6.03 Å². The predicted octanol–water partition coefficient (Wildman–Crippen LogP) is 5.04. The summed E-state index contributed by atoms with van der Waals surface area (Å²) in [6.45, 7) is 8.33. The first-order valence-electron chi connectivity index (χ1n) is 12.0. The number of hydrogen-bond acceptors (Lipinski definition) is 4. The van der Waals surface area contributed by atoms with Gasteiger partial charge < -0.3 is 25.8 Å². The first-order chi connectivity index (χ1) is 17.0. The molecule has 35 heavy (non-hydrogen) atoms. The zero-order chi connectivity index (χ0) is 25.0. The van der Waals surface area contributed by atoms with Crippen LogP contribution in [0.4, 0.5) is 21.9 Å². The molecule has 0 spiro atoms. The Balaban J connectivity index is 1.45. The Morgan fingerprint density at radius 1 is 0.771 bits per heavy atom. The highest BCUT2D eigenvalue weighted by Gasteiger charge is 2.08. The van der Waals surface area contributed by atoms with E-state index >= 15 is 0 Å². The molecule has 3 amide bonds. The Hall–Kier alpha value is -3.84. The summed E-state index contributed by atoms with van der Waals surface area (Å²) in [4.78, 5) is 29.1. The molecule has 0 bridgehead atoms. The van der Waals surface area contributed by atoms with Crippen LogP contribution >= 0.6 is 0 Å². The molecule has 0 saturated heterocycles. The number of rotatable bonds is 11. The summed E-state index contributed by atoms with van der Waals surface area (Å²) in [7, 11) is 2.05. The Bertz CT molecular complexity index is 1060. The molecule has 7 heteroatoms. The molecule has 0 atom stereocenters. The smallest absolute Gasteiger partial charge is 0.323 e. The van der Waals surface area contributed by atoms with E-state index in [1.165, 1.54) is 0 Å². The van der Waals surface area contributed by atoms with Gasteiger partial charge in [0, 0.05) is 49.3 Å². The molecule has 184 valence electrons. The van der Waals surface area contributed by atoms with Crippen molar-refractivity contribution in [3.8, 4) is 0 Å². The van der Waals surface area contributed by atoms with Crippen molar-refractivity contribution in [3.05, 3.63) is 90.0 Å². The highest BCUT2D eigenvalue weighted by Crippen LogP contribution is 2.17. The first-order valence-corrected chi connectivity index (χ1v) is 12.0. The third kappa shape index (κ3) is 8.15. The lowest BCUT2D eigenvalue weighted by Gasteiger charge is -2.19. The van der Waals surface area contributed by atoms with Crippen LogP contribution in [0.3, 0.4) is 0 Å². The third-order valence-electron chi connectivity index (χ3n) is 5.84. The molecule has 0 aliphatic rings. The van der Waals surface area contributed by atoms with E-state index in [9.17, 15) is 9.59 Å². The summed E-state index contributed by atoms with van der Waals surface area (Å²) in [6, 6.07) is 24.5. The molecule has 0 aromatic heterocycles. The van der Waals surface area contributed by atoms with E-state index in [-0.39, 0.29) is 11.9 Å². The Morgan fingerprint density at radius 3 is 1.91 bits per heavy atom. The molecular formula is C28H35N5O2. The van der Waals surface area contributed by atoms with Crippen molar-refractivity contribution in [1.29, 1.82) is 0 Å². The lowest BCUT2D eigenvalue weighted by molar-refractivity contribution is 0.0949. The number of urea groups is 1. The zero-order valence-corrected chi connectivity index (χ0v) is 20.8. The van der Waals surface area contributed by atoms with E-state index < -0.39 is 0 Å². The van der Waals surface area contributed by atoms with Gasteiger partial charge in [0.15, 0.2) is 0 Å². The standard InChI is InChI=1S/C28H35N5O2/c1-4-33(5-2)20-19-29-27(34)23-13-17-25(18-14-23)31-28(35)30-24-15-11-22(12-16-24)21-32(3)26-9-7-6-8-10-26/h6-18H,4-5,19-21H2,1-3H3,(H,29,34)(H2,30,31,35). The minimum atomic E-state index is -0.337. The quantitative estimate of drug-likeness (QED) is 0.365. The molecule has 3 aromatic carbocycles. The van der Waals surface area contributed by atoms with E-state index in [1.54, 1.807) is 24.3 Å². The Kier molecular flexibility index (Phi) is 9.69. The van der Waals surface area contributed by atoms with E-state index in [1.807, 2.05) is 42.5 Å². The monoisotopic (exact) mass is 473 g/mol. The molecular weight excluding hydrogens is 438 g/mol. The molecule has 3 N–H and O–H groups in total. The number of nitrogens with one attached hydrogen (secondary N) is 3. The molecule has 0 fully saturated rings. The van der Waals surface area contributed by atoms with Crippen LogP contribution in [0.5, 0.6) is 0 Å². The van der Waals surface area contributed by atoms with Crippen LogP contribution < -0.4 is 20.9 Å². The number of benzene rings is 3. The third-order valence-corrected chi connectivity index (χ3v) is 5.84. The van der Waals surface area contributed by atoms with Gasteiger partial charge in [-0.15, -0.1) is 0 Å². The molecule has 7 nitrogen and oxygen atoms in total. The van der Waals surface area contributed by atoms with Crippen LogP contribution in [-0.4, -0.2) is 50.1 Å². The van der Waals surface area contributed by atoms with Gasteiger partial charge in [0.05, 0.1) is 0 Å². The minimum absolute atomic E-state index is 0.119. The summed E-state index contributed by atoms with van der Waals surface area (Å²) in [5.74, 6) is -0.119. The number of amides is 3. The van der Waals surface area contributed by atoms with Gasteiger partial charge in [-0.05, 0) is 67.2 Å². The van der Waals surface area contributed by atoms with Gasteiger partial charge in [0.2, 0.25) is 0 Å². The second kappa shape index (κ2) is 13.2. The summed E-state index contributed by atoms with van der Waals surface area (Å²) in [5, 5.41) is 8.58. The van der Waals surface area contributed by atoms with Crippen molar-refractivity contribution in [1.82, 2.24) is 10.2 Å². The number of carbonyl (C=O) groups is 2. The molecule has 0 unspecified atom stereocenters. The Morgan fingerprint density at radius 2 is 1.34 bits per heavy atom. The lowest BCUT2D eigenvalue weighted by atomic mass is 10.2. The number of nitrogens with zero attached hydrogens (tertiary/aromatic N) is 2. The van der Waals surface area contributed by atoms with Crippen LogP contribution in [-0.2, 0) is 6.54 Å². The largest absolute Gasteiger partial charge is 0.370 e. The second-order valence-corrected chi connectivity index (χ2v) is 8.33. The van der Waals surface area contributed by atoms with E-state index in [4.69, 9.17) is 0 Å². The van der Waals surface area contributed by atoms with Crippen LogP contribution in [0, 0.1) is 0 Å². The summed E-state index contributed by atoms with van der Waals surface area (Å²) in [5.41, 5.74) is 4.18. The molecule has 0 aliphatic carbocycles. The number of hydrogen-bond donors (Lipinski definition) is 3. The normalized spacial score (nSPS) is 10.6. The van der Waals surface area contributed by atoms with Crippen LogP contribution in [0.25, 0.3) is 0 Å². The van der Waals surface area contributed by atoms with Crippen molar-refractivity contribution < 1.29 is 9.59 Å². The SMILES string of the molecule is CCN(CC)CCNC(=O)c1ccc(NC(=O)Nc2ccc(CN(C)c3ccccc3)cc2)cc1. The maximum atomic E-state index is 12.4. The highest BCUT2D eigenvalue weighted by atomic mass is 16.2. The minimum Gasteiger partial charge on any atom is -0.370 e. The molecule has 3 aromatic rings. The van der Waals surface area contributed by atoms with Crippen molar-refractivity contribution in [3.63, 3.8) is 0 Å². The van der Waals surface area contributed by atoms with Gasteiger partial charge in [0.25, 0.3) is 5.91 Å². The average molecular weight is 474 g/mol. The van der Waals surface area contributed by atoms with Crippen molar-refractivity contribution >= 4 is 29.0 Å². The summed E-state index contributed by atoms with van der Waals surface area (Å²) < 4.78 is 0. The van der Waals surface area contributed by atoms with Crippen molar-refractivity contribution in [2.75, 3.05) is 48.8 Å². The van der Waals surface area contributed by atoms with Crippen molar-refractivity contribution in [2.24, 2.45) is 0 Å². The van der Waals surface area contributed by atoms with Crippen LogP contribution in [0.1, 0.15) is 29.8 Å². The van der Waals surface area contributed by atoms with Gasteiger partial charge in [-0.3, -0.25) is 4.79 Å². The lowest BCUT2D eigenvalue weighted by Crippen LogP contribution is -2.34. The number of likely N-dealkylation sites (N-methyl/N-ethyl adjacent to an activating group) is 1. The maximum Gasteiger partial charge on any atom is 0.323 e. The van der Waals surface area contributed by atoms with E-state index in [2.05, 4.69) is 58.8 Å². The molecule has 0 aliphatic heterocycles. The topological polar surface area (TPSA) is 76.7 Å². The predicted molar refractivity (Wildman–Crippen MR) is 144 cm³/mol. The van der Waals surface area contributed by atoms with Gasteiger partial charge in [-0.2, -0.15) is 0 Å². The molecule has 0 saturated carbocycles. The van der Waals surface area contributed by atoms with E-state index in [0.29, 0.717) is 23.5 Å². The number of para-hydroxylation sites is 1. The fraction of sp³-hybridized carbons (Fsp3) is 0.286. The number of carbonyl (C=O) groups excluding carboxylic acids is 2. The Labute approximate surface area is 208 Å². The highest BCUT2D eigenvalue weighted by molar-refractivity contribution is 6.00. The number of anilines is 3. The fourth-order valence-corrected chi connectivity index (χ4v) is 3.71. The van der Waals surface area contributed by atoms with Crippen molar-refractivity contribution in [2.45, 2.75) is 20.4 Å². The maximum absolute atomic E-state index is 12.4. The van der Waals surface area contributed by atoms with Gasteiger partial charge in [0.1, 0.15) is 0 Å². The van der Waals surface area contributed by atoms with Gasteiger partial charge in [-0.1, -0.05) is 44.2 Å². The average Bonchev–Trinajstić information content (AvgIpc) is 2.88. The fourth-order valence-electron chi connectivity index (χ4n) is 3.71. The van der Waals surface area contributed by atoms with Crippen LogP contribution in [0.2, 0.25) is 0 Å². The summed E-state index contributed by atoms with van der Waals surface area (Å²) >= 11 is 0. The summed E-state index contributed by atoms with van der Waals surface area (Å²) in [6.07, 6.45) is 0. The first kappa shape index (κ1) is 25.8. The van der Waals surface area contributed by atoms with Gasteiger partial charge in [-0.25, -0.2) is 4.79 Å². The second-order valence-electron chi connectivity index (χ2n) is 8.33. The van der Waals surface area contributed by atoms with Crippen LogP contribution in [0.15, 0.2) is 78.9 Å². The zero-order valence-electron chi connectivity index (χ0n) is 20.8. The van der Waals surface area contributed by atoms with E-state index in [0.717, 1.165) is 37.4 Å².